The van der Waals surface area contributed by atoms with E-state index in [9.17, 15) is 4.79 Å². The van der Waals surface area contributed by atoms with E-state index in [1.54, 1.807) is 0 Å². The first-order valence-corrected chi connectivity index (χ1v) is 9.40. The van der Waals surface area contributed by atoms with E-state index in [0.717, 1.165) is 23.2 Å². The Morgan fingerprint density at radius 1 is 0.926 bits per heavy atom. The third-order valence-corrected chi connectivity index (χ3v) is 4.72. The van der Waals surface area contributed by atoms with Crippen molar-refractivity contribution < 1.29 is 4.79 Å². The van der Waals surface area contributed by atoms with Crippen LogP contribution in [-0.2, 0) is 11.2 Å². The summed E-state index contributed by atoms with van der Waals surface area (Å²) in [5, 5.41) is 6.98. The van der Waals surface area contributed by atoms with E-state index in [1.807, 2.05) is 73.7 Å². The van der Waals surface area contributed by atoms with Gasteiger partial charge in [0, 0.05) is 16.8 Å². The minimum atomic E-state index is -0.0590. The van der Waals surface area contributed by atoms with Crippen molar-refractivity contribution in [3.8, 4) is 0 Å². The molecule has 0 saturated heterocycles. The minimum absolute atomic E-state index is 0.0590. The fourth-order valence-corrected chi connectivity index (χ4v) is 3.05. The third kappa shape index (κ3) is 5.68. The van der Waals surface area contributed by atoms with Gasteiger partial charge in [0.1, 0.15) is 0 Å². The summed E-state index contributed by atoms with van der Waals surface area (Å²) in [5.41, 5.74) is 4.26. The quantitative estimate of drug-likeness (QED) is 0.591. The van der Waals surface area contributed by atoms with E-state index in [4.69, 9.17) is 11.6 Å². The molecule has 3 rings (SSSR count). The number of anilines is 1. The van der Waals surface area contributed by atoms with E-state index >= 15 is 0 Å². The van der Waals surface area contributed by atoms with E-state index in [1.165, 1.54) is 5.56 Å². The lowest BCUT2D eigenvalue weighted by Gasteiger charge is -2.15. The van der Waals surface area contributed by atoms with Crippen LogP contribution < -0.4 is 10.6 Å². The molecule has 0 radical (unpaired) electrons. The lowest BCUT2D eigenvalue weighted by atomic mass is 10.0. The zero-order valence-electron chi connectivity index (χ0n) is 15.3. The van der Waals surface area contributed by atoms with E-state index < -0.39 is 0 Å². The first kappa shape index (κ1) is 19.2. The van der Waals surface area contributed by atoms with Crippen molar-refractivity contribution in [3.63, 3.8) is 0 Å². The average molecular weight is 379 g/mol. The molecule has 3 aromatic rings. The molecular weight excluding hydrogens is 356 g/mol. The molecule has 0 aromatic heterocycles. The Labute approximate surface area is 165 Å². The van der Waals surface area contributed by atoms with Gasteiger partial charge in [-0.3, -0.25) is 4.79 Å². The highest BCUT2D eigenvalue weighted by Crippen LogP contribution is 2.19. The zero-order chi connectivity index (χ0) is 19.1. The first-order valence-electron chi connectivity index (χ1n) is 9.02. The molecule has 0 spiro atoms. The zero-order valence-corrected chi connectivity index (χ0v) is 16.0. The topological polar surface area (TPSA) is 41.1 Å². The summed E-state index contributed by atoms with van der Waals surface area (Å²) >= 11 is 5.92. The van der Waals surface area contributed by atoms with Crippen LogP contribution in [0.15, 0.2) is 78.9 Å². The van der Waals surface area contributed by atoms with Gasteiger partial charge in [0.15, 0.2) is 0 Å². The molecule has 0 unspecified atom stereocenters. The molecule has 0 saturated carbocycles. The van der Waals surface area contributed by atoms with Crippen molar-refractivity contribution >= 4 is 23.2 Å². The summed E-state index contributed by atoms with van der Waals surface area (Å²) in [6.45, 7) is 2.27. The number of carbonyl (C=O) groups excluding carboxylic acids is 1. The summed E-state index contributed by atoms with van der Waals surface area (Å²) < 4.78 is 0. The first-order chi connectivity index (χ1) is 13.1. The van der Waals surface area contributed by atoms with E-state index in [-0.39, 0.29) is 18.5 Å². The lowest BCUT2D eigenvalue weighted by molar-refractivity contribution is -0.115. The Morgan fingerprint density at radius 3 is 2.33 bits per heavy atom. The smallest absolute Gasteiger partial charge is 0.238 e. The van der Waals surface area contributed by atoms with Crippen LogP contribution in [0.3, 0.4) is 0 Å². The highest BCUT2D eigenvalue weighted by molar-refractivity contribution is 6.30. The number of para-hydroxylation sites is 1. The molecule has 27 heavy (non-hydrogen) atoms. The monoisotopic (exact) mass is 378 g/mol. The standard InChI is InChI=1S/C23H23ClN2O/c1-17(19-11-13-21(24)14-12-19)25-16-23(27)26-22-10-6-5-9-20(22)15-18-7-3-2-4-8-18/h2-14,17,25H,15-16H2,1H3,(H,26,27)/t17-/m0/s1. The molecule has 0 aliphatic carbocycles. The number of hydrogen-bond acceptors (Lipinski definition) is 2. The highest BCUT2D eigenvalue weighted by Gasteiger charge is 2.10. The molecule has 0 heterocycles. The molecule has 0 aliphatic heterocycles. The van der Waals surface area contributed by atoms with Gasteiger partial charge in [-0.25, -0.2) is 0 Å². The summed E-state index contributed by atoms with van der Waals surface area (Å²) in [6, 6.07) is 25.9. The lowest BCUT2D eigenvalue weighted by Crippen LogP contribution is -2.30. The number of amides is 1. The van der Waals surface area contributed by atoms with Gasteiger partial charge in [-0.2, -0.15) is 0 Å². The maximum Gasteiger partial charge on any atom is 0.238 e. The minimum Gasteiger partial charge on any atom is -0.325 e. The third-order valence-electron chi connectivity index (χ3n) is 4.47. The van der Waals surface area contributed by atoms with Crippen LogP contribution in [0.25, 0.3) is 0 Å². The number of nitrogens with one attached hydrogen (secondary N) is 2. The van der Waals surface area contributed by atoms with Crippen LogP contribution in [0.1, 0.15) is 29.7 Å². The number of rotatable bonds is 7. The Morgan fingerprint density at radius 2 is 1.59 bits per heavy atom. The second kappa shape index (κ2) is 9.36. The van der Waals surface area contributed by atoms with Gasteiger partial charge in [0.25, 0.3) is 0 Å². The summed E-state index contributed by atoms with van der Waals surface area (Å²) in [7, 11) is 0. The van der Waals surface area contributed by atoms with E-state index in [0.29, 0.717) is 5.02 Å². The van der Waals surface area contributed by atoms with Gasteiger partial charge < -0.3 is 10.6 Å². The molecule has 0 fully saturated rings. The molecule has 3 aromatic carbocycles. The van der Waals surface area contributed by atoms with Crippen molar-refractivity contribution in [2.75, 3.05) is 11.9 Å². The van der Waals surface area contributed by atoms with E-state index in [2.05, 4.69) is 22.8 Å². The molecule has 3 nitrogen and oxygen atoms in total. The summed E-state index contributed by atoms with van der Waals surface area (Å²) in [6.07, 6.45) is 0.784. The second-order valence-electron chi connectivity index (χ2n) is 6.52. The van der Waals surface area contributed by atoms with Gasteiger partial charge in [-0.05, 0) is 48.2 Å². The number of halogens is 1. The van der Waals surface area contributed by atoms with Crippen LogP contribution in [0.4, 0.5) is 5.69 Å². The Hall–Kier alpha value is -2.62. The largest absolute Gasteiger partial charge is 0.325 e. The van der Waals surface area contributed by atoms with Crippen LogP contribution in [0.2, 0.25) is 5.02 Å². The number of hydrogen-bond donors (Lipinski definition) is 2. The highest BCUT2D eigenvalue weighted by atomic mass is 35.5. The molecule has 1 amide bonds. The number of carbonyl (C=O) groups is 1. The predicted octanol–water partition coefficient (Wildman–Crippen LogP) is 5.22. The number of benzene rings is 3. The van der Waals surface area contributed by atoms with Gasteiger partial charge in [0.2, 0.25) is 5.91 Å². The Kier molecular flexibility index (Phi) is 6.64. The van der Waals surface area contributed by atoms with Crippen LogP contribution in [-0.4, -0.2) is 12.5 Å². The molecule has 2 N–H and O–H groups in total. The molecule has 4 heteroatoms. The maximum atomic E-state index is 12.4. The molecule has 0 aliphatic rings. The van der Waals surface area contributed by atoms with Gasteiger partial charge in [0.05, 0.1) is 6.54 Å². The molecule has 0 bridgehead atoms. The molecular formula is C23H23ClN2O. The van der Waals surface area contributed by atoms with Gasteiger partial charge in [-0.1, -0.05) is 72.3 Å². The van der Waals surface area contributed by atoms with Gasteiger partial charge >= 0.3 is 0 Å². The summed E-state index contributed by atoms with van der Waals surface area (Å²) in [5.74, 6) is -0.0590. The summed E-state index contributed by atoms with van der Waals surface area (Å²) in [4.78, 5) is 12.4. The second-order valence-corrected chi connectivity index (χ2v) is 6.96. The van der Waals surface area contributed by atoms with Crippen molar-refractivity contribution in [2.24, 2.45) is 0 Å². The Bertz CT molecular complexity index is 878. The Balaban J connectivity index is 1.58. The van der Waals surface area contributed by atoms with Crippen molar-refractivity contribution in [3.05, 3.63) is 101 Å². The maximum absolute atomic E-state index is 12.4. The average Bonchev–Trinajstić information content (AvgIpc) is 2.69. The molecule has 138 valence electrons. The van der Waals surface area contributed by atoms with Gasteiger partial charge in [-0.15, -0.1) is 0 Å². The fraction of sp³-hybridized carbons (Fsp3) is 0.174. The van der Waals surface area contributed by atoms with Crippen molar-refractivity contribution in [1.29, 1.82) is 0 Å². The molecule has 1 atom stereocenters. The normalized spacial score (nSPS) is 11.8. The van der Waals surface area contributed by atoms with Crippen molar-refractivity contribution in [2.45, 2.75) is 19.4 Å². The fourth-order valence-electron chi connectivity index (χ4n) is 2.92. The van der Waals surface area contributed by atoms with Crippen LogP contribution >= 0.6 is 11.6 Å². The predicted molar refractivity (Wildman–Crippen MR) is 112 cm³/mol. The van der Waals surface area contributed by atoms with Crippen LogP contribution in [0, 0.1) is 0 Å². The SMILES string of the molecule is C[C@H](NCC(=O)Nc1ccccc1Cc1ccccc1)c1ccc(Cl)cc1. The van der Waals surface area contributed by atoms with Crippen LogP contribution in [0.5, 0.6) is 0 Å². The van der Waals surface area contributed by atoms with Crippen molar-refractivity contribution in [1.82, 2.24) is 5.32 Å².